The van der Waals surface area contributed by atoms with Gasteiger partial charge in [-0.3, -0.25) is 0 Å². The van der Waals surface area contributed by atoms with Gasteiger partial charge in [0.1, 0.15) is 11.2 Å². The molecule has 17 heavy (non-hydrogen) atoms. The summed E-state index contributed by atoms with van der Waals surface area (Å²) >= 11 is 0. The molecule has 0 atom stereocenters. The zero-order chi connectivity index (χ0) is 13.7. The molecule has 0 aromatic rings. The topological polar surface area (TPSA) is 66.7 Å². The number of carbonyl (C=O) groups is 2. The standard InChI is InChI=1S/C12H20NO4/c1-11(2,3)16-9(14)7-13-8-10(15)17-12(4,5)6/h7-8H,1-6H3/q+1. The molecular formula is C12H20NO4+. The minimum atomic E-state index is -0.600. The van der Waals surface area contributed by atoms with Gasteiger partial charge in [0.15, 0.2) is 0 Å². The summed E-state index contributed by atoms with van der Waals surface area (Å²) < 4.78 is 13.5. The molecule has 0 unspecified atom stereocenters. The molecule has 0 amide bonds. The normalized spacial score (nSPS) is 11.2. The van der Waals surface area contributed by atoms with E-state index < -0.39 is 23.1 Å². The Bertz CT molecular complexity index is 320. The minimum absolute atomic E-state index is 0.574. The largest absolute Gasteiger partial charge is 0.452 e. The summed E-state index contributed by atoms with van der Waals surface area (Å²) in [6.45, 7) is 10.5. The predicted octanol–water partition coefficient (Wildman–Crippen LogP) is 0.879. The first-order valence-corrected chi connectivity index (χ1v) is 5.32. The van der Waals surface area contributed by atoms with E-state index in [4.69, 9.17) is 9.47 Å². The Morgan fingerprint density at radius 3 is 1.35 bits per heavy atom. The number of hydrogen-bond acceptors (Lipinski definition) is 4. The summed E-state index contributed by atoms with van der Waals surface area (Å²) in [7, 11) is 0. The lowest BCUT2D eigenvalue weighted by molar-refractivity contribution is -0.146. The zero-order valence-corrected chi connectivity index (χ0v) is 11.2. The lowest BCUT2D eigenvalue weighted by Gasteiger charge is -2.16. The fourth-order valence-electron chi connectivity index (χ4n) is 0.815. The van der Waals surface area contributed by atoms with Crippen LogP contribution >= 0.6 is 0 Å². The van der Waals surface area contributed by atoms with Gasteiger partial charge in [-0.1, -0.05) is 4.67 Å². The molecule has 0 spiro atoms. The molecule has 0 rings (SSSR count). The van der Waals surface area contributed by atoms with E-state index in [0.717, 1.165) is 12.4 Å². The minimum Gasteiger partial charge on any atom is -0.452 e. The number of rotatable bonds is 2. The van der Waals surface area contributed by atoms with Crippen molar-refractivity contribution in [2.45, 2.75) is 52.7 Å². The second-order valence-corrected chi connectivity index (χ2v) is 5.47. The monoisotopic (exact) mass is 242 g/mol. The molecule has 0 aromatic carbocycles. The van der Waals surface area contributed by atoms with E-state index in [2.05, 4.69) is 4.67 Å². The first-order valence-electron chi connectivity index (χ1n) is 5.32. The number of hydrogen-bond donors (Lipinski definition) is 0. The molecule has 0 saturated carbocycles. The van der Waals surface area contributed by atoms with E-state index in [-0.39, 0.29) is 0 Å². The third-order valence-corrected chi connectivity index (χ3v) is 1.17. The highest BCUT2D eigenvalue weighted by atomic mass is 16.6. The van der Waals surface area contributed by atoms with Gasteiger partial charge in [0.2, 0.25) is 0 Å². The van der Waals surface area contributed by atoms with Gasteiger partial charge in [-0.2, -0.15) is 0 Å². The molecule has 5 nitrogen and oxygen atoms in total. The SMILES string of the molecule is CC(C)(C)OC(=O)C=[N+]=CC(=O)OC(C)(C)C. The van der Waals surface area contributed by atoms with Crippen LogP contribution in [0.1, 0.15) is 41.5 Å². The maximum atomic E-state index is 11.2. The van der Waals surface area contributed by atoms with E-state index in [0.29, 0.717) is 0 Å². The van der Waals surface area contributed by atoms with Crippen molar-refractivity contribution in [1.82, 2.24) is 4.67 Å². The summed E-state index contributed by atoms with van der Waals surface area (Å²) in [6, 6.07) is 0. The molecule has 96 valence electrons. The highest BCUT2D eigenvalue weighted by molar-refractivity contribution is 6.28. The van der Waals surface area contributed by atoms with Crippen LogP contribution in [0.5, 0.6) is 0 Å². The van der Waals surface area contributed by atoms with Crippen molar-refractivity contribution in [3.05, 3.63) is 0 Å². The van der Waals surface area contributed by atoms with Crippen molar-refractivity contribution in [1.29, 1.82) is 0 Å². The van der Waals surface area contributed by atoms with Gasteiger partial charge >= 0.3 is 24.4 Å². The van der Waals surface area contributed by atoms with E-state index in [1.807, 2.05) is 0 Å². The van der Waals surface area contributed by atoms with Gasteiger partial charge in [-0.05, 0) is 41.5 Å². The van der Waals surface area contributed by atoms with Crippen LogP contribution in [0.3, 0.4) is 0 Å². The van der Waals surface area contributed by atoms with Gasteiger partial charge in [0, 0.05) is 0 Å². The molecule has 0 aliphatic carbocycles. The molecule has 0 fully saturated rings. The van der Waals surface area contributed by atoms with Crippen molar-refractivity contribution in [3.63, 3.8) is 0 Å². The second kappa shape index (κ2) is 5.64. The lowest BCUT2D eigenvalue weighted by Crippen LogP contribution is -2.26. The summed E-state index contributed by atoms with van der Waals surface area (Å²) in [5.74, 6) is -1.20. The smallest absolute Gasteiger partial charge is 0.414 e. The first-order chi connectivity index (χ1) is 7.49. The molecule has 0 saturated heterocycles. The summed E-state index contributed by atoms with van der Waals surface area (Å²) in [5.41, 5.74) is -1.15. The molecule has 0 aromatic heterocycles. The fourth-order valence-corrected chi connectivity index (χ4v) is 0.815. The van der Waals surface area contributed by atoms with Crippen LogP contribution in [-0.4, -0.2) is 35.6 Å². The van der Waals surface area contributed by atoms with Crippen LogP contribution in [0.25, 0.3) is 0 Å². The van der Waals surface area contributed by atoms with E-state index in [1.54, 1.807) is 41.5 Å². The van der Waals surface area contributed by atoms with Gasteiger partial charge < -0.3 is 9.47 Å². The molecule has 0 aliphatic heterocycles. The molecule has 5 heteroatoms. The van der Waals surface area contributed by atoms with E-state index in [9.17, 15) is 9.59 Å². The summed E-state index contributed by atoms with van der Waals surface area (Å²) in [6.07, 6.45) is 1.88. The Labute approximate surface area is 102 Å². The molecule has 0 radical (unpaired) electrons. The van der Waals surface area contributed by atoms with E-state index >= 15 is 0 Å². The Morgan fingerprint density at radius 1 is 0.824 bits per heavy atom. The van der Waals surface area contributed by atoms with Crippen molar-refractivity contribution in [2.24, 2.45) is 0 Å². The lowest BCUT2D eigenvalue weighted by atomic mass is 10.2. The van der Waals surface area contributed by atoms with Gasteiger partial charge in [-0.25, -0.2) is 9.59 Å². The molecule has 0 bridgehead atoms. The Hall–Kier alpha value is -1.61. The fraction of sp³-hybridized carbons (Fsp3) is 0.667. The highest BCUT2D eigenvalue weighted by Gasteiger charge is 2.19. The average molecular weight is 242 g/mol. The van der Waals surface area contributed by atoms with Crippen LogP contribution in [0, 0.1) is 0 Å². The number of nitrogens with zero attached hydrogens (tertiary/aromatic N) is 1. The summed E-state index contributed by atoms with van der Waals surface area (Å²) in [4.78, 5) is 22.4. The third kappa shape index (κ3) is 10.7. The molecule has 0 N–H and O–H groups in total. The van der Waals surface area contributed by atoms with Crippen LogP contribution in [-0.2, 0) is 19.1 Å². The summed E-state index contributed by atoms with van der Waals surface area (Å²) in [5, 5.41) is 0. The Kier molecular flexibility index (Phi) is 5.10. The van der Waals surface area contributed by atoms with Gasteiger partial charge in [0.05, 0.1) is 0 Å². The maximum absolute atomic E-state index is 11.2. The number of esters is 2. The molecule has 0 aliphatic rings. The maximum Gasteiger partial charge on any atom is 0.414 e. The molecular weight excluding hydrogens is 222 g/mol. The number of ether oxygens (including phenoxy) is 2. The first kappa shape index (κ1) is 15.4. The Morgan fingerprint density at radius 2 is 1.12 bits per heavy atom. The predicted molar refractivity (Wildman–Crippen MR) is 66.0 cm³/mol. The highest BCUT2D eigenvalue weighted by Crippen LogP contribution is 2.06. The van der Waals surface area contributed by atoms with Crippen LogP contribution < -0.4 is 4.67 Å². The van der Waals surface area contributed by atoms with Crippen LogP contribution in [0.15, 0.2) is 0 Å². The second-order valence-electron chi connectivity index (χ2n) is 5.47. The van der Waals surface area contributed by atoms with Gasteiger partial charge in [-0.15, -0.1) is 0 Å². The van der Waals surface area contributed by atoms with Crippen molar-refractivity contribution in [2.75, 3.05) is 0 Å². The van der Waals surface area contributed by atoms with Crippen LogP contribution in [0.4, 0.5) is 0 Å². The van der Waals surface area contributed by atoms with Crippen molar-refractivity contribution >= 4 is 24.4 Å². The van der Waals surface area contributed by atoms with Crippen LogP contribution in [0.2, 0.25) is 0 Å². The average Bonchev–Trinajstić information content (AvgIpc) is 1.95. The van der Waals surface area contributed by atoms with Crippen molar-refractivity contribution < 1.29 is 19.1 Å². The van der Waals surface area contributed by atoms with Gasteiger partial charge in [0.25, 0.3) is 0 Å². The van der Waals surface area contributed by atoms with Crippen molar-refractivity contribution in [3.8, 4) is 0 Å². The number of carbonyl (C=O) groups excluding carboxylic acids is 2. The third-order valence-electron chi connectivity index (χ3n) is 1.17. The zero-order valence-electron chi connectivity index (χ0n) is 11.2. The molecule has 0 heterocycles. The van der Waals surface area contributed by atoms with E-state index in [1.165, 1.54) is 0 Å². The quantitative estimate of drug-likeness (QED) is 0.409. The Balaban J connectivity index is 4.34.